The molecule has 0 aliphatic heterocycles. The summed E-state index contributed by atoms with van der Waals surface area (Å²) in [6.07, 6.45) is 1.10. The lowest BCUT2D eigenvalue weighted by molar-refractivity contribution is -0.132. The summed E-state index contributed by atoms with van der Waals surface area (Å²) in [7, 11) is 0. The molecule has 0 heterocycles. The zero-order valence-corrected chi connectivity index (χ0v) is 6.75. The van der Waals surface area contributed by atoms with Crippen LogP contribution in [-0.4, -0.2) is 28.3 Å². The Balaban J connectivity index is 3.77. The highest BCUT2D eigenvalue weighted by Crippen LogP contribution is 1.88. The molecule has 0 fully saturated rings. The Hall–Kier alpha value is -2.31. The summed E-state index contributed by atoms with van der Waals surface area (Å²) in [6, 6.07) is 0. The molecule has 0 amide bonds. The van der Waals surface area contributed by atoms with Crippen molar-refractivity contribution in [3.63, 3.8) is 0 Å². The van der Waals surface area contributed by atoms with Crippen LogP contribution in [0.15, 0.2) is 24.7 Å². The average molecular weight is 202 g/mol. The van der Waals surface area contributed by atoms with E-state index >= 15 is 0 Å². The van der Waals surface area contributed by atoms with Crippen LogP contribution in [0.2, 0.25) is 0 Å². The molecule has 0 unspecified atom stereocenters. The molecular formula is C7H6O7. The van der Waals surface area contributed by atoms with Crippen LogP contribution in [0.25, 0.3) is 0 Å². The van der Waals surface area contributed by atoms with Gasteiger partial charge < -0.3 is 19.7 Å². The number of ether oxygens (including phenoxy) is 2. The van der Waals surface area contributed by atoms with Gasteiger partial charge in [0, 0.05) is 0 Å². The van der Waals surface area contributed by atoms with Gasteiger partial charge >= 0.3 is 18.1 Å². The lowest BCUT2D eigenvalue weighted by Crippen LogP contribution is -1.99. The van der Waals surface area contributed by atoms with Gasteiger partial charge in [-0.2, -0.15) is 0 Å². The second-order valence-electron chi connectivity index (χ2n) is 1.77. The fraction of sp³-hybridized carbons (Fsp3) is 0. The van der Waals surface area contributed by atoms with Crippen molar-refractivity contribution in [2.24, 2.45) is 0 Å². The average Bonchev–Trinajstić information content (AvgIpc) is 2.02. The van der Waals surface area contributed by atoms with Crippen molar-refractivity contribution < 1.29 is 34.1 Å². The summed E-state index contributed by atoms with van der Waals surface area (Å²) in [4.78, 5) is 30.2. The Bertz CT molecular complexity index is 260. The molecule has 0 radical (unpaired) electrons. The van der Waals surface area contributed by atoms with Gasteiger partial charge in [0.1, 0.15) is 12.5 Å². The Morgan fingerprint density at radius 3 is 1.50 bits per heavy atom. The molecule has 0 spiro atoms. The number of carbonyl (C=O) groups is 3. The van der Waals surface area contributed by atoms with E-state index in [0.29, 0.717) is 24.7 Å². The van der Waals surface area contributed by atoms with E-state index < -0.39 is 18.1 Å². The van der Waals surface area contributed by atoms with E-state index in [2.05, 4.69) is 9.47 Å². The summed E-state index contributed by atoms with van der Waals surface area (Å²) in [6.45, 7) is 0. The SMILES string of the molecule is O=C(O)/C=C\OC(=O)O/C=C\C(=O)O. The van der Waals surface area contributed by atoms with Crippen molar-refractivity contribution in [2.45, 2.75) is 0 Å². The third kappa shape index (κ3) is 7.79. The second-order valence-corrected chi connectivity index (χ2v) is 1.77. The first-order valence-corrected chi connectivity index (χ1v) is 3.18. The predicted octanol–water partition coefficient (Wildman–Crippen LogP) is 0.336. The first-order chi connectivity index (χ1) is 6.52. The maximum Gasteiger partial charge on any atom is 0.518 e. The van der Waals surface area contributed by atoms with Crippen LogP contribution in [0.5, 0.6) is 0 Å². The van der Waals surface area contributed by atoms with Crippen LogP contribution in [-0.2, 0) is 19.1 Å². The molecule has 14 heavy (non-hydrogen) atoms. The summed E-state index contributed by atoms with van der Waals surface area (Å²) < 4.78 is 8.14. The third-order valence-electron chi connectivity index (χ3n) is 0.750. The number of carbonyl (C=O) groups excluding carboxylic acids is 1. The Morgan fingerprint density at radius 1 is 0.857 bits per heavy atom. The molecule has 0 aliphatic carbocycles. The molecular weight excluding hydrogens is 196 g/mol. The minimum Gasteiger partial charge on any atom is -0.478 e. The lowest BCUT2D eigenvalue weighted by atomic mass is 10.6. The molecule has 0 aromatic heterocycles. The highest BCUT2D eigenvalue weighted by atomic mass is 16.7. The van der Waals surface area contributed by atoms with Crippen molar-refractivity contribution >= 4 is 18.1 Å². The van der Waals surface area contributed by atoms with Gasteiger partial charge in [0.15, 0.2) is 0 Å². The number of hydrogen-bond donors (Lipinski definition) is 2. The van der Waals surface area contributed by atoms with Crippen LogP contribution in [0.4, 0.5) is 4.79 Å². The quantitative estimate of drug-likeness (QED) is 0.384. The van der Waals surface area contributed by atoms with E-state index in [1.807, 2.05) is 0 Å². The van der Waals surface area contributed by atoms with Crippen LogP contribution in [0.3, 0.4) is 0 Å². The van der Waals surface area contributed by atoms with Gasteiger partial charge in [-0.05, 0) is 0 Å². The molecule has 7 nitrogen and oxygen atoms in total. The molecule has 7 heteroatoms. The monoisotopic (exact) mass is 202 g/mol. The minimum absolute atomic E-state index is 0.572. The molecule has 0 saturated heterocycles. The summed E-state index contributed by atoms with van der Waals surface area (Å²) >= 11 is 0. The number of hydrogen-bond acceptors (Lipinski definition) is 5. The second kappa shape index (κ2) is 6.23. The molecule has 2 N–H and O–H groups in total. The summed E-state index contributed by atoms with van der Waals surface area (Å²) in [5.41, 5.74) is 0. The highest BCUT2D eigenvalue weighted by molar-refractivity contribution is 5.80. The van der Waals surface area contributed by atoms with Crippen LogP contribution in [0.1, 0.15) is 0 Å². The molecule has 0 bridgehead atoms. The van der Waals surface area contributed by atoms with E-state index in [0.717, 1.165) is 0 Å². The fourth-order valence-corrected chi connectivity index (χ4v) is 0.323. The fourth-order valence-electron chi connectivity index (χ4n) is 0.323. The number of carboxylic acids is 2. The normalized spacial score (nSPS) is 10.3. The van der Waals surface area contributed by atoms with Crippen molar-refractivity contribution in [3.05, 3.63) is 24.7 Å². The molecule has 0 aromatic rings. The van der Waals surface area contributed by atoms with E-state index in [4.69, 9.17) is 10.2 Å². The first kappa shape index (κ1) is 11.7. The van der Waals surface area contributed by atoms with E-state index in [1.165, 1.54) is 0 Å². The molecule has 0 rings (SSSR count). The highest BCUT2D eigenvalue weighted by Gasteiger charge is 1.98. The van der Waals surface area contributed by atoms with E-state index in [9.17, 15) is 14.4 Å². The summed E-state index contributed by atoms with van der Waals surface area (Å²) in [5.74, 6) is -2.59. The largest absolute Gasteiger partial charge is 0.518 e. The van der Waals surface area contributed by atoms with Gasteiger partial charge in [-0.25, -0.2) is 14.4 Å². The summed E-state index contributed by atoms with van der Waals surface area (Å²) in [5, 5.41) is 16.1. The third-order valence-corrected chi connectivity index (χ3v) is 0.750. The van der Waals surface area contributed by atoms with Crippen molar-refractivity contribution in [1.82, 2.24) is 0 Å². The Labute approximate surface area is 77.8 Å². The molecule has 0 atom stereocenters. The predicted molar refractivity (Wildman–Crippen MR) is 41.1 cm³/mol. The van der Waals surface area contributed by atoms with Crippen molar-refractivity contribution in [2.75, 3.05) is 0 Å². The number of aliphatic carboxylic acids is 2. The Kier molecular flexibility index (Phi) is 5.20. The van der Waals surface area contributed by atoms with Crippen molar-refractivity contribution in [1.29, 1.82) is 0 Å². The molecule has 76 valence electrons. The minimum atomic E-state index is -1.29. The standard InChI is InChI=1S/C7H6O7/c8-5(9)1-3-13-7(12)14-4-2-6(10)11/h1-4H,(H,8,9)(H,10,11)/b3-1-,4-2-. The zero-order chi connectivity index (χ0) is 11.0. The molecule has 0 aliphatic rings. The van der Waals surface area contributed by atoms with Gasteiger partial charge in [-0.15, -0.1) is 0 Å². The number of rotatable bonds is 4. The zero-order valence-electron chi connectivity index (χ0n) is 6.75. The number of carboxylic acid groups (broad SMARTS) is 2. The van der Waals surface area contributed by atoms with E-state index in [-0.39, 0.29) is 0 Å². The maximum absolute atomic E-state index is 10.5. The smallest absolute Gasteiger partial charge is 0.478 e. The Morgan fingerprint density at radius 2 is 1.21 bits per heavy atom. The molecule has 0 saturated carbocycles. The van der Waals surface area contributed by atoms with Gasteiger partial charge in [0.05, 0.1) is 12.2 Å². The van der Waals surface area contributed by atoms with Gasteiger partial charge in [-0.3, -0.25) is 0 Å². The molecule has 0 aromatic carbocycles. The van der Waals surface area contributed by atoms with Crippen molar-refractivity contribution in [3.8, 4) is 0 Å². The van der Waals surface area contributed by atoms with Crippen LogP contribution >= 0.6 is 0 Å². The van der Waals surface area contributed by atoms with Crippen LogP contribution in [0, 0.1) is 0 Å². The van der Waals surface area contributed by atoms with E-state index in [1.54, 1.807) is 0 Å². The lowest BCUT2D eigenvalue weighted by Gasteiger charge is -1.94. The van der Waals surface area contributed by atoms with Gasteiger partial charge in [0.25, 0.3) is 0 Å². The first-order valence-electron chi connectivity index (χ1n) is 3.18. The van der Waals surface area contributed by atoms with Crippen LogP contribution < -0.4 is 0 Å². The maximum atomic E-state index is 10.5. The topological polar surface area (TPSA) is 110 Å². The van der Waals surface area contributed by atoms with Gasteiger partial charge in [-0.1, -0.05) is 0 Å². The van der Waals surface area contributed by atoms with Gasteiger partial charge in [0.2, 0.25) is 0 Å².